The maximum absolute atomic E-state index is 11.8. The van der Waals surface area contributed by atoms with Gasteiger partial charge in [0.05, 0.1) is 0 Å². The minimum Gasteiger partial charge on any atom is -0.347 e. The van der Waals surface area contributed by atoms with Crippen molar-refractivity contribution in [2.45, 2.75) is 13.3 Å². The minimum absolute atomic E-state index is 0.209. The summed E-state index contributed by atoms with van der Waals surface area (Å²) in [5.74, 6) is -1.64. The predicted octanol–water partition coefficient (Wildman–Crippen LogP) is 2.00. The number of carbonyl (C=O) groups is 3. The lowest BCUT2D eigenvalue weighted by molar-refractivity contribution is -0.136. The molecule has 0 aliphatic carbocycles. The molecule has 1 aromatic heterocycles. The zero-order valence-electron chi connectivity index (χ0n) is 12.6. The van der Waals surface area contributed by atoms with Crippen LogP contribution in [0.4, 0.5) is 11.4 Å². The molecule has 0 unspecified atom stereocenters. The lowest BCUT2D eigenvalue weighted by Gasteiger charge is -2.08. The summed E-state index contributed by atoms with van der Waals surface area (Å²) in [6.45, 7) is 1.79. The fraction of sp³-hybridized carbons (Fsp3) is 0.188. The highest BCUT2D eigenvalue weighted by molar-refractivity contribution is 7.07. The molecule has 0 saturated heterocycles. The second kappa shape index (κ2) is 8.09. The first-order chi connectivity index (χ1) is 11.0. The van der Waals surface area contributed by atoms with Crippen LogP contribution in [0, 0.1) is 0 Å². The Labute approximate surface area is 137 Å². The van der Waals surface area contributed by atoms with Crippen LogP contribution in [-0.2, 0) is 20.8 Å². The first-order valence-electron chi connectivity index (χ1n) is 7.02. The molecule has 0 radical (unpaired) electrons. The maximum Gasteiger partial charge on any atom is 0.313 e. The highest BCUT2D eigenvalue weighted by atomic mass is 32.1. The third-order valence-corrected chi connectivity index (χ3v) is 3.66. The molecule has 2 rings (SSSR count). The Balaban J connectivity index is 1.83. The quantitative estimate of drug-likeness (QED) is 0.732. The molecule has 1 aromatic carbocycles. The molecule has 6 nitrogen and oxygen atoms in total. The van der Waals surface area contributed by atoms with Crippen LogP contribution in [0.2, 0.25) is 0 Å². The van der Waals surface area contributed by atoms with Crippen molar-refractivity contribution in [3.63, 3.8) is 0 Å². The third-order valence-electron chi connectivity index (χ3n) is 2.93. The fourth-order valence-corrected chi connectivity index (χ4v) is 2.60. The smallest absolute Gasteiger partial charge is 0.313 e. The van der Waals surface area contributed by atoms with E-state index in [0.717, 1.165) is 5.56 Å². The van der Waals surface area contributed by atoms with E-state index >= 15 is 0 Å². The molecular weight excluding hydrogens is 314 g/mol. The molecular formula is C16H17N3O3S. The minimum atomic E-state index is -0.740. The summed E-state index contributed by atoms with van der Waals surface area (Å²) < 4.78 is 0. The normalized spacial score (nSPS) is 9.96. The number of thiophene rings is 1. The SMILES string of the molecule is CC(=O)Nc1cccc(NC(=O)C(=O)NCCc2ccsc2)c1. The van der Waals surface area contributed by atoms with Gasteiger partial charge >= 0.3 is 11.8 Å². The largest absolute Gasteiger partial charge is 0.347 e. The molecule has 0 atom stereocenters. The highest BCUT2D eigenvalue weighted by Gasteiger charge is 2.13. The van der Waals surface area contributed by atoms with Gasteiger partial charge in [-0.3, -0.25) is 14.4 Å². The van der Waals surface area contributed by atoms with Crippen LogP contribution in [0.3, 0.4) is 0 Å². The summed E-state index contributed by atoms with van der Waals surface area (Å²) in [7, 11) is 0. The van der Waals surface area contributed by atoms with Gasteiger partial charge in [-0.25, -0.2) is 0 Å². The van der Waals surface area contributed by atoms with E-state index in [9.17, 15) is 14.4 Å². The fourth-order valence-electron chi connectivity index (χ4n) is 1.90. The van der Waals surface area contributed by atoms with Crippen molar-refractivity contribution >= 4 is 40.4 Å². The zero-order valence-corrected chi connectivity index (χ0v) is 13.4. The van der Waals surface area contributed by atoms with Gasteiger partial charge in [0.1, 0.15) is 0 Å². The molecule has 0 saturated carbocycles. The second-order valence-electron chi connectivity index (χ2n) is 4.85. The first-order valence-corrected chi connectivity index (χ1v) is 7.97. The summed E-state index contributed by atoms with van der Waals surface area (Å²) in [5.41, 5.74) is 2.11. The van der Waals surface area contributed by atoms with Crippen LogP contribution in [0.1, 0.15) is 12.5 Å². The van der Waals surface area contributed by atoms with Gasteiger partial charge in [0.25, 0.3) is 0 Å². The van der Waals surface area contributed by atoms with Gasteiger partial charge in [0, 0.05) is 24.8 Å². The van der Waals surface area contributed by atoms with Crippen LogP contribution in [0.15, 0.2) is 41.1 Å². The topological polar surface area (TPSA) is 87.3 Å². The molecule has 23 heavy (non-hydrogen) atoms. The number of anilines is 2. The average Bonchev–Trinajstić information content (AvgIpc) is 3.00. The Morgan fingerprint density at radius 2 is 1.78 bits per heavy atom. The Morgan fingerprint density at radius 3 is 2.43 bits per heavy atom. The van der Waals surface area contributed by atoms with Crippen molar-refractivity contribution < 1.29 is 14.4 Å². The lowest BCUT2D eigenvalue weighted by atomic mass is 10.2. The Morgan fingerprint density at radius 1 is 1.04 bits per heavy atom. The van der Waals surface area contributed by atoms with E-state index < -0.39 is 11.8 Å². The number of nitrogens with one attached hydrogen (secondary N) is 3. The third kappa shape index (κ3) is 5.55. The summed E-state index contributed by atoms with van der Waals surface area (Å²) in [4.78, 5) is 34.6. The monoisotopic (exact) mass is 331 g/mol. The van der Waals surface area contributed by atoms with Gasteiger partial charge in [-0.2, -0.15) is 11.3 Å². The molecule has 0 aliphatic heterocycles. The van der Waals surface area contributed by atoms with Gasteiger partial charge in [0.2, 0.25) is 5.91 Å². The highest BCUT2D eigenvalue weighted by Crippen LogP contribution is 2.14. The van der Waals surface area contributed by atoms with E-state index in [-0.39, 0.29) is 5.91 Å². The molecule has 7 heteroatoms. The number of hydrogen-bond donors (Lipinski definition) is 3. The molecule has 3 N–H and O–H groups in total. The van der Waals surface area contributed by atoms with Crippen LogP contribution >= 0.6 is 11.3 Å². The number of benzene rings is 1. The number of carbonyl (C=O) groups excluding carboxylic acids is 3. The maximum atomic E-state index is 11.8. The van der Waals surface area contributed by atoms with Crippen LogP contribution in [-0.4, -0.2) is 24.3 Å². The summed E-state index contributed by atoms with van der Waals surface area (Å²) >= 11 is 1.59. The van der Waals surface area contributed by atoms with Gasteiger partial charge in [-0.05, 0) is 47.0 Å². The van der Waals surface area contributed by atoms with E-state index in [1.807, 2.05) is 16.8 Å². The van der Waals surface area contributed by atoms with Crippen LogP contribution < -0.4 is 16.0 Å². The zero-order chi connectivity index (χ0) is 16.7. The van der Waals surface area contributed by atoms with E-state index in [0.29, 0.717) is 24.3 Å². The van der Waals surface area contributed by atoms with Gasteiger partial charge in [-0.15, -0.1) is 0 Å². The van der Waals surface area contributed by atoms with Crippen molar-refractivity contribution in [2.75, 3.05) is 17.2 Å². The van der Waals surface area contributed by atoms with E-state index in [2.05, 4.69) is 16.0 Å². The molecule has 0 fully saturated rings. The Hall–Kier alpha value is -2.67. The van der Waals surface area contributed by atoms with Crippen LogP contribution in [0.5, 0.6) is 0 Å². The van der Waals surface area contributed by atoms with Crippen molar-refractivity contribution in [1.29, 1.82) is 0 Å². The second-order valence-corrected chi connectivity index (χ2v) is 5.63. The molecule has 0 spiro atoms. The molecule has 120 valence electrons. The van der Waals surface area contributed by atoms with Crippen molar-refractivity contribution in [3.8, 4) is 0 Å². The van der Waals surface area contributed by atoms with Gasteiger partial charge < -0.3 is 16.0 Å². The molecule has 1 heterocycles. The Kier molecular flexibility index (Phi) is 5.87. The average molecular weight is 331 g/mol. The van der Waals surface area contributed by atoms with E-state index in [1.54, 1.807) is 35.6 Å². The number of hydrogen-bond acceptors (Lipinski definition) is 4. The standard InChI is InChI=1S/C16H17N3O3S/c1-11(20)18-13-3-2-4-14(9-13)19-16(22)15(21)17-7-5-12-6-8-23-10-12/h2-4,6,8-10H,5,7H2,1H3,(H,17,21)(H,18,20)(H,19,22). The summed E-state index contributed by atoms with van der Waals surface area (Å²) in [6.07, 6.45) is 0.681. The molecule has 0 aliphatic rings. The molecule has 0 bridgehead atoms. The summed E-state index contributed by atoms with van der Waals surface area (Å²) in [5, 5.41) is 11.6. The lowest BCUT2D eigenvalue weighted by Crippen LogP contribution is -2.36. The van der Waals surface area contributed by atoms with E-state index in [4.69, 9.17) is 0 Å². The number of rotatable bonds is 5. The summed E-state index contributed by atoms with van der Waals surface area (Å²) in [6, 6.07) is 8.57. The molecule has 3 amide bonds. The van der Waals surface area contributed by atoms with Gasteiger partial charge in [0.15, 0.2) is 0 Å². The number of amides is 3. The Bertz CT molecular complexity index is 698. The van der Waals surface area contributed by atoms with Crippen molar-refractivity contribution in [1.82, 2.24) is 5.32 Å². The first kappa shape index (κ1) is 16.7. The van der Waals surface area contributed by atoms with Gasteiger partial charge in [-0.1, -0.05) is 6.07 Å². The van der Waals surface area contributed by atoms with Crippen molar-refractivity contribution in [2.24, 2.45) is 0 Å². The van der Waals surface area contributed by atoms with E-state index in [1.165, 1.54) is 6.92 Å². The van der Waals surface area contributed by atoms with Crippen molar-refractivity contribution in [3.05, 3.63) is 46.7 Å². The van der Waals surface area contributed by atoms with Crippen LogP contribution in [0.25, 0.3) is 0 Å². The molecule has 2 aromatic rings. The predicted molar refractivity (Wildman–Crippen MR) is 90.4 cm³/mol.